The van der Waals surface area contributed by atoms with Gasteiger partial charge in [0.05, 0.1) is 32.5 Å². The molecule has 12 atom stereocenters. The monoisotopic (exact) mass is 962 g/mol. The van der Waals surface area contributed by atoms with E-state index < -0.39 is 110 Å². The fraction of sp³-hybridized carbons (Fsp3) is 0.548. The van der Waals surface area contributed by atoms with Crippen LogP contribution in [0.4, 0.5) is 11.6 Å². The summed E-state index contributed by atoms with van der Waals surface area (Å²) in [5.74, 6) is 0.108. The minimum Gasteiger partial charge on any atom is -0.394 e. The molecule has 0 bridgehead atoms. The van der Waals surface area contributed by atoms with Crippen molar-refractivity contribution < 1.29 is 74.8 Å². The van der Waals surface area contributed by atoms with Crippen LogP contribution in [-0.4, -0.2) is 132 Å². The summed E-state index contributed by atoms with van der Waals surface area (Å²) in [5.41, 5.74) is 11.5. The van der Waals surface area contributed by atoms with Gasteiger partial charge >= 0.3 is 29.2 Å². The lowest BCUT2D eigenvalue weighted by atomic mass is 10.2. The Morgan fingerprint density at radius 3 is 1.66 bits per heavy atom. The lowest BCUT2D eigenvalue weighted by molar-refractivity contribution is -0.0600. The van der Waals surface area contributed by atoms with Crippen LogP contribution in [0, 0.1) is 6.92 Å². The van der Waals surface area contributed by atoms with Crippen molar-refractivity contribution in [1.29, 1.82) is 0 Å². The second-order valence-electron chi connectivity index (χ2n) is 14.5. The third kappa shape index (κ3) is 9.73. The molecule has 3 aliphatic heterocycles. The SMILES string of the molecule is COP(=O)(O)OC[C@H]1O[C@@H](n2cnc3c(N)ncnc32)C[C@@H]1OP(=O)(O)OC[C@H]1O[C@@H](n2cnc3c(N)ncnc32)C[C@@H]1OP(=O)(O)O[C@H]1C[C@H](n2cc(C)c(=O)[nH]c2=O)O[C@@H]1CO. The fourth-order valence-electron chi connectivity index (χ4n) is 7.33. The summed E-state index contributed by atoms with van der Waals surface area (Å²) >= 11 is 0. The number of aromatic amines is 1. The van der Waals surface area contributed by atoms with Crippen LogP contribution in [0.15, 0.2) is 41.1 Å². The van der Waals surface area contributed by atoms with Gasteiger partial charge in [0.2, 0.25) is 0 Å². The number of aliphatic hydroxyl groups excluding tert-OH is 1. The average molecular weight is 963 g/mol. The molecule has 33 heteroatoms. The molecule has 0 amide bonds. The van der Waals surface area contributed by atoms with E-state index in [4.69, 9.17) is 48.3 Å². The topological polar surface area (TPSA) is 409 Å². The normalized spacial score (nSPS) is 29.0. The van der Waals surface area contributed by atoms with Crippen LogP contribution in [0.25, 0.3) is 22.3 Å². The van der Waals surface area contributed by atoms with Gasteiger partial charge in [-0.15, -0.1) is 0 Å². The molecule has 3 unspecified atom stereocenters. The number of hydrogen-bond acceptors (Lipinski definition) is 23. The number of aromatic nitrogens is 10. The molecule has 5 aromatic rings. The molecule has 5 aromatic heterocycles. The van der Waals surface area contributed by atoms with Gasteiger partial charge in [-0.1, -0.05) is 0 Å². The van der Waals surface area contributed by atoms with Crippen molar-refractivity contribution >= 4 is 57.4 Å². The second-order valence-corrected chi connectivity index (χ2v) is 18.9. The first kappa shape index (κ1) is 46.1. The summed E-state index contributed by atoms with van der Waals surface area (Å²) in [6, 6.07) is 0. The highest BCUT2D eigenvalue weighted by Crippen LogP contribution is 2.54. The molecule has 8 rings (SSSR count). The molecule has 9 N–H and O–H groups in total. The Hall–Kier alpha value is -4.45. The van der Waals surface area contributed by atoms with E-state index in [1.807, 2.05) is 0 Å². The van der Waals surface area contributed by atoms with E-state index >= 15 is 0 Å². The molecular formula is C31H41N12O18P3. The lowest BCUT2D eigenvalue weighted by Crippen LogP contribution is -2.33. The van der Waals surface area contributed by atoms with Gasteiger partial charge in [-0.3, -0.25) is 50.6 Å². The maximum Gasteiger partial charge on any atom is 0.472 e. The first-order valence-electron chi connectivity index (χ1n) is 19.0. The minimum absolute atomic E-state index is 0.0420. The predicted molar refractivity (Wildman–Crippen MR) is 211 cm³/mol. The van der Waals surface area contributed by atoms with E-state index in [-0.39, 0.29) is 58.8 Å². The quantitative estimate of drug-likeness (QED) is 0.0587. The molecule has 0 aromatic carbocycles. The van der Waals surface area contributed by atoms with Crippen LogP contribution in [0.3, 0.4) is 0 Å². The number of H-pyrrole nitrogens is 1. The number of phosphoric ester groups is 3. The van der Waals surface area contributed by atoms with Crippen molar-refractivity contribution in [2.24, 2.45) is 0 Å². The molecule has 30 nitrogen and oxygen atoms in total. The number of nitrogens with two attached hydrogens (primary N) is 2. The molecule has 0 spiro atoms. The Labute approximate surface area is 358 Å². The second kappa shape index (κ2) is 18.1. The van der Waals surface area contributed by atoms with Crippen molar-refractivity contribution in [3.05, 3.63) is 57.9 Å². The van der Waals surface area contributed by atoms with E-state index in [1.165, 1.54) is 47.6 Å². The van der Waals surface area contributed by atoms with Crippen LogP contribution in [0.1, 0.15) is 43.5 Å². The number of aliphatic hydroxyl groups is 1. The number of ether oxygens (including phenoxy) is 3. The maximum absolute atomic E-state index is 13.7. The summed E-state index contributed by atoms with van der Waals surface area (Å²) in [6.07, 6.45) is -5.69. The first-order valence-corrected chi connectivity index (χ1v) is 23.5. The molecule has 0 radical (unpaired) electrons. The zero-order valence-electron chi connectivity index (χ0n) is 33.4. The number of rotatable bonds is 17. The number of phosphoric acid groups is 3. The Bertz CT molecular complexity index is 2790. The Balaban J connectivity index is 0.998. The summed E-state index contributed by atoms with van der Waals surface area (Å²) < 4.78 is 92.9. The van der Waals surface area contributed by atoms with Crippen molar-refractivity contribution in [3.63, 3.8) is 0 Å². The van der Waals surface area contributed by atoms with Gasteiger partial charge in [0, 0.05) is 38.1 Å². The molecule has 3 saturated heterocycles. The summed E-state index contributed by atoms with van der Waals surface area (Å²) in [6.45, 7) is -0.744. The Morgan fingerprint density at radius 1 is 0.703 bits per heavy atom. The van der Waals surface area contributed by atoms with Crippen molar-refractivity contribution in [2.45, 2.75) is 81.5 Å². The molecule has 3 aliphatic rings. The third-order valence-corrected chi connectivity index (χ3v) is 13.4. The van der Waals surface area contributed by atoms with Crippen LogP contribution < -0.4 is 22.7 Å². The van der Waals surface area contributed by atoms with Crippen molar-refractivity contribution in [3.8, 4) is 0 Å². The van der Waals surface area contributed by atoms with E-state index in [0.717, 1.165) is 11.7 Å². The van der Waals surface area contributed by atoms with Crippen molar-refractivity contribution in [1.82, 2.24) is 48.6 Å². The number of imidazole rings is 2. The highest BCUT2D eigenvalue weighted by Gasteiger charge is 2.48. The smallest absolute Gasteiger partial charge is 0.394 e. The number of nitrogens with zero attached hydrogens (tertiary/aromatic N) is 9. The van der Waals surface area contributed by atoms with Gasteiger partial charge < -0.3 is 45.5 Å². The lowest BCUT2D eigenvalue weighted by Gasteiger charge is -2.25. The summed E-state index contributed by atoms with van der Waals surface area (Å²) in [7, 11) is -14.0. The van der Waals surface area contributed by atoms with E-state index in [2.05, 4.69) is 39.4 Å². The van der Waals surface area contributed by atoms with Gasteiger partial charge in [-0.25, -0.2) is 48.4 Å². The van der Waals surface area contributed by atoms with E-state index in [1.54, 1.807) is 0 Å². The first-order chi connectivity index (χ1) is 30.3. The zero-order chi connectivity index (χ0) is 45.7. The van der Waals surface area contributed by atoms with Crippen LogP contribution >= 0.6 is 23.5 Å². The number of anilines is 2. The molecule has 3 fully saturated rings. The number of fused-ring (bicyclic) bond motifs is 2. The van der Waals surface area contributed by atoms with Crippen LogP contribution in [0.5, 0.6) is 0 Å². The van der Waals surface area contributed by atoms with E-state index in [9.17, 15) is 43.1 Å². The number of aryl methyl sites for hydroxylation is 1. The highest BCUT2D eigenvalue weighted by molar-refractivity contribution is 7.48. The molecular weight excluding hydrogens is 921 g/mol. The highest BCUT2D eigenvalue weighted by atomic mass is 31.2. The van der Waals surface area contributed by atoms with Crippen LogP contribution in [0.2, 0.25) is 0 Å². The Morgan fingerprint density at radius 2 is 1.16 bits per heavy atom. The molecule has 348 valence electrons. The van der Waals surface area contributed by atoms with Gasteiger partial charge in [0.1, 0.15) is 79.0 Å². The molecule has 0 aliphatic carbocycles. The molecule has 64 heavy (non-hydrogen) atoms. The van der Waals surface area contributed by atoms with Crippen molar-refractivity contribution in [2.75, 3.05) is 38.4 Å². The third-order valence-electron chi connectivity index (χ3n) is 10.4. The van der Waals surface area contributed by atoms with Gasteiger partial charge in [0.15, 0.2) is 22.9 Å². The predicted octanol–water partition coefficient (Wildman–Crippen LogP) is -0.320. The minimum atomic E-state index is -5.17. The average Bonchev–Trinajstić information content (AvgIpc) is 4.08. The maximum atomic E-state index is 13.7. The van der Waals surface area contributed by atoms with Gasteiger partial charge in [-0.05, 0) is 6.92 Å². The number of nitrogens with one attached hydrogen (secondary N) is 1. The van der Waals surface area contributed by atoms with E-state index in [0.29, 0.717) is 0 Å². The molecule has 8 heterocycles. The zero-order valence-corrected chi connectivity index (χ0v) is 36.0. The fourth-order valence-corrected chi connectivity index (χ4v) is 9.91. The number of hydrogen-bond donors (Lipinski definition) is 7. The van der Waals surface area contributed by atoms with Gasteiger partial charge in [0.25, 0.3) is 5.56 Å². The standard InChI is InChI=1S/C31H41N12O18P3/c1-14-6-41(31(46)40-30(14)45)21-3-15(18(7-44)56-21)60-64(51,52)61-17-5-23(43-13-39-25-27(33)35-11-37-29(25)43)58-20(17)9-55-63(49,50)59-16-4-22(57-19(16)8-54-62(47,48)53-2)42-12-38-24-26(32)34-10-36-28(24)42/h6,10-13,15-23,44H,3-5,7-9H2,1-2H3,(H,47,48)(H,49,50)(H,51,52)(H2,32,34,36)(H2,33,35,37)(H,40,45,46)/t15-,16-,17-,18+,19+,20+,21+,22+,23+/m0/s1. The molecule has 0 saturated carbocycles. The largest absolute Gasteiger partial charge is 0.472 e. The number of nitrogen functional groups attached to an aromatic ring is 2. The van der Waals surface area contributed by atoms with Crippen LogP contribution in [-0.2, 0) is 55.0 Å². The van der Waals surface area contributed by atoms with Gasteiger partial charge in [-0.2, -0.15) is 0 Å². The summed E-state index contributed by atoms with van der Waals surface area (Å²) in [4.78, 5) is 83.3. The Kier molecular flexibility index (Phi) is 13.0. The summed E-state index contributed by atoms with van der Waals surface area (Å²) in [5, 5.41) is 10.0.